The van der Waals surface area contributed by atoms with E-state index in [-0.39, 0.29) is 24.4 Å². The molecule has 2 unspecified atom stereocenters. The summed E-state index contributed by atoms with van der Waals surface area (Å²) in [7, 11) is 0. The van der Waals surface area contributed by atoms with Crippen LogP contribution in [0.4, 0.5) is 0 Å². The summed E-state index contributed by atoms with van der Waals surface area (Å²) in [4.78, 5) is 11.6. The van der Waals surface area contributed by atoms with E-state index in [0.29, 0.717) is 13.2 Å². The number of benzene rings is 1. The van der Waals surface area contributed by atoms with Gasteiger partial charge < -0.3 is 15.8 Å². The lowest BCUT2D eigenvalue weighted by atomic mass is 10.1. The number of hydrogen-bond donors (Lipinski definition) is 2. The topological polar surface area (TPSA) is 64.3 Å². The van der Waals surface area contributed by atoms with Gasteiger partial charge in [0.05, 0.1) is 0 Å². The predicted octanol–water partition coefficient (Wildman–Crippen LogP) is 1.65. The third kappa shape index (κ3) is 5.49. The van der Waals surface area contributed by atoms with Crippen molar-refractivity contribution in [1.29, 1.82) is 0 Å². The number of carbonyl (C=O) groups is 1. The molecule has 0 bridgehead atoms. The minimum absolute atomic E-state index is 0. The third-order valence-corrected chi connectivity index (χ3v) is 2.51. The van der Waals surface area contributed by atoms with Crippen molar-refractivity contribution >= 4 is 18.3 Å². The van der Waals surface area contributed by atoms with Gasteiger partial charge in [-0.3, -0.25) is 4.79 Å². The average molecular weight is 273 g/mol. The van der Waals surface area contributed by atoms with Crippen LogP contribution >= 0.6 is 12.4 Å². The van der Waals surface area contributed by atoms with E-state index in [1.165, 1.54) is 0 Å². The molecule has 0 spiro atoms. The minimum atomic E-state index is -0.428. The molecule has 1 aromatic carbocycles. The Balaban J connectivity index is 0.00000289. The Kier molecular flexibility index (Phi) is 8.37. The van der Waals surface area contributed by atoms with Crippen molar-refractivity contribution in [2.24, 2.45) is 5.73 Å². The molecule has 0 fully saturated rings. The van der Waals surface area contributed by atoms with Crippen LogP contribution in [-0.4, -0.2) is 25.2 Å². The van der Waals surface area contributed by atoms with E-state index in [1.807, 2.05) is 37.3 Å². The van der Waals surface area contributed by atoms with Crippen LogP contribution in [0.5, 0.6) is 0 Å². The highest BCUT2D eigenvalue weighted by Gasteiger charge is 2.13. The van der Waals surface area contributed by atoms with Crippen molar-refractivity contribution in [1.82, 2.24) is 5.32 Å². The Bertz CT molecular complexity index is 346. The van der Waals surface area contributed by atoms with E-state index in [9.17, 15) is 4.79 Å². The summed E-state index contributed by atoms with van der Waals surface area (Å²) < 4.78 is 5.19. The zero-order chi connectivity index (χ0) is 12.7. The first-order valence-corrected chi connectivity index (χ1v) is 5.85. The zero-order valence-corrected chi connectivity index (χ0v) is 11.6. The van der Waals surface area contributed by atoms with Gasteiger partial charge in [0, 0.05) is 19.2 Å². The lowest BCUT2D eigenvalue weighted by Crippen LogP contribution is -2.38. The maximum Gasteiger partial charge on any atom is 0.248 e. The monoisotopic (exact) mass is 272 g/mol. The van der Waals surface area contributed by atoms with Gasteiger partial charge in [0.25, 0.3) is 0 Å². The minimum Gasteiger partial charge on any atom is -0.369 e. The first-order chi connectivity index (χ1) is 8.15. The van der Waals surface area contributed by atoms with E-state index in [2.05, 4.69) is 5.32 Å². The normalized spacial score (nSPS) is 13.3. The van der Waals surface area contributed by atoms with Gasteiger partial charge in [0.15, 0.2) is 0 Å². The number of nitrogens with two attached hydrogens (primary N) is 1. The molecule has 102 valence electrons. The number of amides is 1. The molecule has 1 rings (SSSR count). The van der Waals surface area contributed by atoms with Gasteiger partial charge in [-0.2, -0.15) is 0 Å². The summed E-state index contributed by atoms with van der Waals surface area (Å²) in [6, 6.07) is 9.51. The lowest BCUT2D eigenvalue weighted by Gasteiger charge is -2.16. The number of halogens is 1. The molecule has 3 N–H and O–H groups in total. The molecule has 0 heterocycles. The highest BCUT2D eigenvalue weighted by molar-refractivity contribution is 5.85. The molecule has 2 atom stereocenters. The second-order valence-corrected chi connectivity index (χ2v) is 3.86. The molecule has 0 radical (unpaired) electrons. The van der Waals surface area contributed by atoms with Crippen LogP contribution in [0.15, 0.2) is 30.3 Å². The van der Waals surface area contributed by atoms with Crippen molar-refractivity contribution in [2.45, 2.75) is 26.0 Å². The molecule has 1 aromatic rings. The van der Waals surface area contributed by atoms with Gasteiger partial charge in [-0.15, -0.1) is 12.4 Å². The highest BCUT2D eigenvalue weighted by Crippen LogP contribution is 2.07. The van der Waals surface area contributed by atoms with E-state index >= 15 is 0 Å². The SMILES string of the molecule is CCOC(C)C(=O)NCC(N)c1ccccc1.Cl. The Morgan fingerprint density at radius 3 is 2.56 bits per heavy atom. The fourth-order valence-corrected chi connectivity index (χ4v) is 1.50. The molecule has 18 heavy (non-hydrogen) atoms. The number of carbonyl (C=O) groups excluding carboxylic acids is 1. The van der Waals surface area contributed by atoms with E-state index < -0.39 is 6.10 Å². The molecule has 0 saturated carbocycles. The smallest absolute Gasteiger partial charge is 0.248 e. The maximum absolute atomic E-state index is 11.6. The van der Waals surface area contributed by atoms with E-state index in [1.54, 1.807) is 6.92 Å². The molecular formula is C13H21ClN2O2. The van der Waals surface area contributed by atoms with Crippen molar-refractivity contribution in [2.75, 3.05) is 13.2 Å². The van der Waals surface area contributed by atoms with Crippen LogP contribution in [-0.2, 0) is 9.53 Å². The highest BCUT2D eigenvalue weighted by atomic mass is 35.5. The number of nitrogens with one attached hydrogen (secondary N) is 1. The van der Waals surface area contributed by atoms with Crippen LogP contribution < -0.4 is 11.1 Å². The summed E-state index contributed by atoms with van der Waals surface area (Å²) in [5, 5.41) is 2.78. The largest absolute Gasteiger partial charge is 0.369 e. The van der Waals surface area contributed by atoms with Crippen LogP contribution in [0.25, 0.3) is 0 Å². The van der Waals surface area contributed by atoms with Gasteiger partial charge >= 0.3 is 0 Å². The lowest BCUT2D eigenvalue weighted by molar-refractivity contribution is -0.131. The molecule has 0 aliphatic rings. The Hall–Kier alpha value is -1.10. The van der Waals surface area contributed by atoms with Gasteiger partial charge in [-0.05, 0) is 19.4 Å². The first kappa shape index (κ1) is 16.9. The van der Waals surface area contributed by atoms with E-state index in [0.717, 1.165) is 5.56 Å². The Morgan fingerprint density at radius 2 is 2.00 bits per heavy atom. The van der Waals surface area contributed by atoms with Crippen LogP contribution in [0.3, 0.4) is 0 Å². The summed E-state index contributed by atoms with van der Waals surface area (Å²) in [5.41, 5.74) is 6.97. The van der Waals surface area contributed by atoms with Crippen molar-refractivity contribution in [3.05, 3.63) is 35.9 Å². The van der Waals surface area contributed by atoms with Gasteiger partial charge in [-0.25, -0.2) is 0 Å². The number of rotatable bonds is 6. The number of ether oxygens (including phenoxy) is 1. The molecule has 0 aliphatic carbocycles. The van der Waals surface area contributed by atoms with E-state index in [4.69, 9.17) is 10.5 Å². The Morgan fingerprint density at radius 1 is 1.39 bits per heavy atom. The van der Waals surface area contributed by atoms with Crippen molar-refractivity contribution < 1.29 is 9.53 Å². The maximum atomic E-state index is 11.6. The molecule has 1 amide bonds. The van der Waals surface area contributed by atoms with Crippen molar-refractivity contribution in [3.63, 3.8) is 0 Å². The Labute approximate surface area is 114 Å². The third-order valence-electron chi connectivity index (χ3n) is 2.51. The standard InChI is InChI=1S/C13H20N2O2.ClH/c1-3-17-10(2)13(16)15-9-12(14)11-7-5-4-6-8-11;/h4-8,10,12H,3,9,14H2,1-2H3,(H,15,16);1H. The first-order valence-electron chi connectivity index (χ1n) is 5.85. The fraction of sp³-hybridized carbons (Fsp3) is 0.462. The van der Waals surface area contributed by atoms with Gasteiger partial charge in [0.1, 0.15) is 6.10 Å². The number of hydrogen-bond acceptors (Lipinski definition) is 3. The second kappa shape index (κ2) is 8.91. The summed E-state index contributed by atoms with van der Waals surface area (Å²) in [6.07, 6.45) is -0.428. The quantitative estimate of drug-likeness (QED) is 0.828. The zero-order valence-electron chi connectivity index (χ0n) is 10.8. The predicted molar refractivity (Wildman–Crippen MR) is 74.7 cm³/mol. The summed E-state index contributed by atoms with van der Waals surface area (Å²) in [5.74, 6) is -0.127. The van der Waals surface area contributed by atoms with Crippen LogP contribution in [0.2, 0.25) is 0 Å². The molecule has 0 aromatic heterocycles. The van der Waals surface area contributed by atoms with Gasteiger partial charge in [-0.1, -0.05) is 30.3 Å². The molecule has 5 heteroatoms. The van der Waals surface area contributed by atoms with Crippen LogP contribution in [0.1, 0.15) is 25.5 Å². The fourth-order valence-electron chi connectivity index (χ4n) is 1.50. The molecule has 0 aliphatic heterocycles. The average Bonchev–Trinajstić information content (AvgIpc) is 2.36. The molecule has 0 saturated heterocycles. The molecular weight excluding hydrogens is 252 g/mol. The molecule has 4 nitrogen and oxygen atoms in total. The van der Waals surface area contributed by atoms with Crippen LogP contribution in [0, 0.1) is 0 Å². The van der Waals surface area contributed by atoms with Crippen molar-refractivity contribution in [3.8, 4) is 0 Å². The summed E-state index contributed by atoms with van der Waals surface area (Å²) >= 11 is 0. The van der Waals surface area contributed by atoms with Gasteiger partial charge in [0.2, 0.25) is 5.91 Å². The second-order valence-electron chi connectivity index (χ2n) is 3.86. The summed E-state index contributed by atoms with van der Waals surface area (Å²) in [6.45, 7) is 4.53.